The van der Waals surface area contributed by atoms with Gasteiger partial charge >= 0.3 is 0 Å². The summed E-state index contributed by atoms with van der Waals surface area (Å²) in [6, 6.07) is 6.06. The van der Waals surface area contributed by atoms with Crippen molar-refractivity contribution in [3.05, 3.63) is 23.8 Å². The smallest absolute Gasteiger partial charge is 0.224 e. The van der Waals surface area contributed by atoms with Gasteiger partial charge in [-0.25, -0.2) is 0 Å². The lowest BCUT2D eigenvalue weighted by molar-refractivity contribution is -0.116. The Morgan fingerprint density at radius 1 is 1.33 bits per heavy atom. The quantitative estimate of drug-likeness (QED) is 0.899. The lowest BCUT2D eigenvalue weighted by Crippen LogP contribution is -2.43. The molecule has 3 rings (SSSR count). The molecule has 1 aliphatic heterocycles. The SMILES string of the molecule is CCC1CCC(N)C(Oc2ccc3c(c2)CCC(=O)N3)C1. The van der Waals surface area contributed by atoms with E-state index in [1.54, 1.807) is 0 Å². The summed E-state index contributed by atoms with van der Waals surface area (Å²) < 4.78 is 6.15. The standard InChI is InChI=1S/C17H24N2O2/c1-2-11-3-6-14(18)16(9-11)21-13-5-7-15-12(10-13)4-8-17(20)19-15/h5,7,10-11,14,16H,2-4,6,8-9,18H2,1H3,(H,19,20). The third-order valence-corrected chi connectivity index (χ3v) is 4.79. The number of rotatable bonds is 3. The van der Waals surface area contributed by atoms with Gasteiger partial charge in [-0.3, -0.25) is 4.79 Å². The Bertz CT molecular complexity index is 530. The minimum absolute atomic E-state index is 0.0938. The van der Waals surface area contributed by atoms with Crippen LogP contribution in [0.25, 0.3) is 0 Å². The van der Waals surface area contributed by atoms with Crippen molar-refractivity contribution < 1.29 is 9.53 Å². The highest BCUT2D eigenvalue weighted by atomic mass is 16.5. The maximum Gasteiger partial charge on any atom is 0.224 e. The van der Waals surface area contributed by atoms with Gasteiger partial charge in [0.1, 0.15) is 11.9 Å². The minimum Gasteiger partial charge on any atom is -0.489 e. The van der Waals surface area contributed by atoms with Crippen molar-refractivity contribution in [2.45, 2.75) is 57.6 Å². The van der Waals surface area contributed by atoms with E-state index in [0.29, 0.717) is 6.42 Å². The number of benzene rings is 1. The number of anilines is 1. The minimum atomic E-state index is 0.0938. The van der Waals surface area contributed by atoms with Crippen LogP contribution in [0.1, 0.15) is 44.6 Å². The Morgan fingerprint density at radius 3 is 3.00 bits per heavy atom. The average molecular weight is 288 g/mol. The fourth-order valence-corrected chi connectivity index (χ4v) is 3.35. The first-order chi connectivity index (χ1) is 10.2. The van der Waals surface area contributed by atoms with Gasteiger partial charge in [0.05, 0.1) is 0 Å². The topological polar surface area (TPSA) is 64.3 Å². The molecule has 1 aliphatic carbocycles. The first kappa shape index (κ1) is 14.4. The van der Waals surface area contributed by atoms with E-state index < -0.39 is 0 Å². The molecule has 1 aromatic carbocycles. The number of hydrogen-bond acceptors (Lipinski definition) is 3. The second kappa shape index (κ2) is 6.06. The van der Waals surface area contributed by atoms with Gasteiger partial charge in [-0.05, 0) is 55.4 Å². The maximum absolute atomic E-state index is 11.4. The van der Waals surface area contributed by atoms with Crippen LogP contribution in [0.4, 0.5) is 5.69 Å². The van der Waals surface area contributed by atoms with E-state index in [1.165, 1.54) is 12.8 Å². The van der Waals surface area contributed by atoms with Crippen molar-refractivity contribution in [3.63, 3.8) is 0 Å². The highest BCUT2D eigenvalue weighted by molar-refractivity contribution is 5.93. The van der Waals surface area contributed by atoms with Gasteiger partial charge in [-0.15, -0.1) is 0 Å². The number of carbonyl (C=O) groups is 1. The van der Waals surface area contributed by atoms with Gasteiger partial charge in [0, 0.05) is 18.2 Å². The number of fused-ring (bicyclic) bond motifs is 1. The van der Waals surface area contributed by atoms with Gasteiger partial charge in [-0.2, -0.15) is 0 Å². The van der Waals surface area contributed by atoms with Crippen molar-refractivity contribution in [3.8, 4) is 5.75 Å². The molecule has 0 aromatic heterocycles. The van der Waals surface area contributed by atoms with Crippen LogP contribution in [0.15, 0.2) is 18.2 Å². The largest absolute Gasteiger partial charge is 0.489 e. The van der Waals surface area contributed by atoms with Crippen LogP contribution in [-0.4, -0.2) is 18.1 Å². The van der Waals surface area contributed by atoms with Gasteiger partial charge < -0.3 is 15.8 Å². The fourth-order valence-electron chi connectivity index (χ4n) is 3.35. The molecular weight excluding hydrogens is 264 g/mol. The molecule has 3 atom stereocenters. The summed E-state index contributed by atoms with van der Waals surface area (Å²) in [5.74, 6) is 1.70. The zero-order valence-corrected chi connectivity index (χ0v) is 12.6. The van der Waals surface area contributed by atoms with Gasteiger partial charge in [0.15, 0.2) is 0 Å². The third kappa shape index (κ3) is 3.21. The molecule has 0 spiro atoms. The van der Waals surface area contributed by atoms with Gasteiger partial charge in [-0.1, -0.05) is 13.3 Å². The molecule has 1 heterocycles. The Balaban J connectivity index is 1.71. The van der Waals surface area contributed by atoms with Crippen LogP contribution in [0.5, 0.6) is 5.75 Å². The Kier molecular flexibility index (Phi) is 4.15. The van der Waals surface area contributed by atoms with E-state index in [2.05, 4.69) is 18.3 Å². The number of aryl methyl sites for hydroxylation is 1. The zero-order valence-electron chi connectivity index (χ0n) is 12.6. The molecule has 2 aliphatic rings. The first-order valence-corrected chi connectivity index (χ1v) is 8.00. The molecule has 3 unspecified atom stereocenters. The maximum atomic E-state index is 11.4. The lowest BCUT2D eigenvalue weighted by Gasteiger charge is -2.34. The summed E-state index contributed by atoms with van der Waals surface area (Å²) in [5, 5.41) is 2.90. The number of nitrogens with one attached hydrogen (secondary N) is 1. The molecule has 0 radical (unpaired) electrons. The molecule has 0 bridgehead atoms. The van der Waals surface area contributed by atoms with Crippen LogP contribution in [0.2, 0.25) is 0 Å². The molecule has 21 heavy (non-hydrogen) atoms. The summed E-state index contributed by atoms with van der Waals surface area (Å²) in [6.07, 6.45) is 5.95. The van der Waals surface area contributed by atoms with Crippen LogP contribution in [0.3, 0.4) is 0 Å². The normalized spacial score (nSPS) is 28.7. The van der Waals surface area contributed by atoms with Crippen molar-refractivity contribution >= 4 is 11.6 Å². The Hall–Kier alpha value is -1.55. The monoisotopic (exact) mass is 288 g/mol. The zero-order chi connectivity index (χ0) is 14.8. The van der Waals surface area contributed by atoms with E-state index in [4.69, 9.17) is 10.5 Å². The molecular formula is C17H24N2O2. The summed E-state index contributed by atoms with van der Waals surface area (Å²) >= 11 is 0. The summed E-state index contributed by atoms with van der Waals surface area (Å²) in [5.41, 5.74) is 8.29. The predicted molar refractivity (Wildman–Crippen MR) is 83.4 cm³/mol. The van der Waals surface area contributed by atoms with Crippen LogP contribution < -0.4 is 15.8 Å². The van der Waals surface area contributed by atoms with E-state index in [1.807, 2.05) is 12.1 Å². The predicted octanol–water partition coefficient (Wildman–Crippen LogP) is 2.86. The average Bonchev–Trinajstić information content (AvgIpc) is 2.49. The van der Waals surface area contributed by atoms with Crippen LogP contribution >= 0.6 is 0 Å². The van der Waals surface area contributed by atoms with Crippen molar-refractivity contribution in [1.82, 2.24) is 0 Å². The van der Waals surface area contributed by atoms with Crippen molar-refractivity contribution in [2.75, 3.05) is 5.32 Å². The van der Waals surface area contributed by atoms with E-state index in [-0.39, 0.29) is 18.1 Å². The lowest BCUT2D eigenvalue weighted by atomic mass is 9.83. The molecule has 1 saturated carbocycles. The number of ether oxygens (including phenoxy) is 1. The Morgan fingerprint density at radius 2 is 2.19 bits per heavy atom. The molecule has 4 heteroatoms. The third-order valence-electron chi connectivity index (χ3n) is 4.79. The highest BCUT2D eigenvalue weighted by Crippen LogP contribution is 2.31. The highest BCUT2D eigenvalue weighted by Gasteiger charge is 2.29. The molecule has 1 fully saturated rings. The number of nitrogens with two attached hydrogens (primary N) is 1. The van der Waals surface area contributed by atoms with Crippen molar-refractivity contribution in [2.24, 2.45) is 11.7 Å². The molecule has 4 nitrogen and oxygen atoms in total. The number of carbonyl (C=O) groups excluding carboxylic acids is 1. The Labute approximate surface area is 126 Å². The molecule has 3 N–H and O–H groups in total. The van der Waals surface area contributed by atoms with Gasteiger partial charge in [0.25, 0.3) is 0 Å². The van der Waals surface area contributed by atoms with Crippen LogP contribution in [0, 0.1) is 5.92 Å². The summed E-state index contributed by atoms with van der Waals surface area (Å²) in [4.78, 5) is 11.4. The fraction of sp³-hybridized carbons (Fsp3) is 0.588. The molecule has 114 valence electrons. The van der Waals surface area contributed by atoms with E-state index in [9.17, 15) is 4.79 Å². The van der Waals surface area contributed by atoms with E-state index >= 15 is 0 Å². The molecule has 0 saturated heterocycles. The second-order valence-corrected chi connectivity index (χ2v) is 6.27. The number of hydrogen-bond donors (Lipinski definition) is 2. The first-order valence-electron chi connectivity index (χ1n) is 8.00. The van der Waals surface area contributed by atoms with Crippen LogP contribution in [-0.2, 0) is 11.2 Å². The van der Waals surface area contributed by atoms with Crippen molar-refractivity contribution in [1.29, 1.82) is 0 Å². The van der Waals surface area contributed by atoms with Gasteiger partial charge in [0.2, 0.25) is 5.91 Å². The number of amides is 1. The summed E-state index contributed by atoms with van der Waals surface area (Å²) in [6.45, 7) is 2.24. The second-order valence-electron chi connectivity index (χ2n) is 6.27. The summed E-state index contributed by atoms with van der Waals surface area (Å²) in [7, 11) is 0. The molecule has 1 amide bonds. The molecule has 1 aromatic rings. The van der Waals surface area contributed by atoms with E-state index in [0.717, 1.165) is 42.2 Å².